The van der Waals surface area contributed by atoms with Gasteiger partial charge in [0.15, 0.2) is 0 Å². The topological polar surface area (TPSA) is 66.5 Å². The van der Waals surface area contributed by atoms with Crippen LogP contribution in [-0.2, 0) is 14.8 Å². The van der Waals surface area contributed by atoms with E-state index in [0.29, 0.717) is 16.8 Å². The molecule has 0 radical (unpaired) electrons. The number of benzene rings is 4. The van der Waals surface area contributed by atoms with Crippen LogP contribution < -0.4 is 9.62 Å². The molecule has 0 heterocycles. The molecule has 1 N–H and O–H groups in total. The first kappa shape index (κ1) is 22.6. The molecule has 4 aromatic carbocycles. The predicted octanol–water partition coefficient (Wildman–Crippen LogP) is 5.60. The Kier molecular flexibility index (Phi) is 6.20. The van der Waals surface area contributed by atoms with Gasteiger partial charge in [0.2, 0.25) is 5.91 Å². The van der Waals surface area contributed by atoms with Crippen molar-refractivity contribution in [2.45, 2.75) is 25.7 Å². The Morgan fingerprint density at radius 3 is 2.21 bits per heavy atom. The van der Waals surface area contributed by atoms with Gasteiger partial charge in [0, 0.05) is 11.1 Å². The van der Waals surface area contributed by atoms with E-state index in [2.05, 4.69) is 5.32 Å². The van der Waals surface area contributed by atoms with Crippen molar-refractivity contribution in [3.63, 3.8) is 0 Å². The number of carbonyl (C=O) groups excluding carboxylic acids is 1. The van der Waals surface area contributed by atoms with Crippen LogP contribution >= 0.6 is 0 Å². The molecule has 0 aromatic heterocycles. The molecule has 0 atom stereocenters. The van der Waals surface area contributed by atoms with E-state index in [-0.39, 0.29) is 11.4 Å². The summed E-state index contributed by atoms with van der Waals surface area (Å²) in [6, 6.07) is 25.4. The largest absolute Gasteiger partial charge is 0.324 e. The van der Waals surface area contributed by atoms with Crippen LogP contribution in [0.4, 0.5) is 11.4 Å². The smallest absolute Gasteiger partial charge is 0.265 e. The summed E-state index contributed by atoms with van der Waals surface area (Å²) in [7, 11) is -4.04. The van der Waals surface area contributed by atoms with Crippen molar-refractivity contribution in [1.82, 2.24) is 0 Å². The maximum Gasteiger partial charge on any atom is 0.265 e. The molecule has 4 rings (SSSR count). The molecule has 0 aliphatic rings. The van der Waals surface area contributed by atoms with E-state index in [0.717, 1.165) is 22.1 Å². The van der Waals surface area contributed by atoms with Crippen molar-refractivity contribution < 1.29 is 13.2 Å². The van der Waals surface area contributed by atoms with Crippen LogP contribution in [0.5, 0.6) is 0 Å². The van der Waals surface area contributed by atoms with E-state index < -0.39 is 15.9 Å². The van der Waals surface area contributed by atoms with Gasteiger partial charge in [0.1, 0.15) is 6.54 Å². The van der Waals surface area contributed by atoms with E-state index in [1.54, 1.807) is 30.3 Å². The predicted molar refractivity (Wildman–Crippen MR) is 134 cm³/mol. The van der Waals surface area contributed by atoms with Gasteiger partial charge in [0.25, 0.3) is 10.0 Å². The van der Waals surface area contributed by atoms with Crippen LogP contribution in [0.3, 0.4) is 0 Å². The van der Waals surface area contributed by atoms with Crippen LogP contribution in [-0.4, -0.2) is 20.9 Å². The highest BCUT2D eigenvalue weighted by atomic mass is 32.2. The molecule has 0 bridgehead atoms. The van der Waals surface area contributed by atoms with Crippen LogP contribution in [0.15, 0.2) is 89.8 Å². The molecule has 168 valence electrons. The lowest BCUT2D eigenvalue weighted by molar-refractivity contribution is -0.114. The molecular weight excluding hydrogens is 432 g/mol. The zero-order chi connectivity index (χ0) is 23.6. The second kappa shape index (κ2) is 9.08. The molecule has 0 fully saturated rings. The Morgan fingerprint density at radius 1 is 0.788 bits per heavy atom. The quantitative estimate of drug-likeness (QED) is 0.409. The summed E-state index contributed by atoms with van der Waals surface area (Å²) >= 11 is 0. The second-order valence-corrected chi connectivity index (χ2v) is 9.90. The third-order valence-corrected chi connectivity index (χ3v) is 7.69. The number of anilines is 2. The third-order valence-electron chi connectivity index (χ3n) is 5.87. The number of hydrogen-bond acceptors (Lipinski definition) is 3. The molecule has 0 aliphatic carbocycles. The normalized spacial score (nSPS) is 11.4. The number of sulfonamides is 1. The van der Waals surface area contributed by atoms with Crippen molar-refractivity contribution in [3.05, 3.63) is 102 Å². The number of nitrogens with zero attached hydrogens (tertiary/aromatic N) is 1. The monoisotopic (exact) mass is 458 g/mol. The molecule has 6 heteroatoms. The first-order valence-corrected chi connectivity index (χ1v) is 12.2. The minimum Gasteiger partial charge on any atom is -0.324 e. The standard InChI is InChI=1S/C27H26N2O3S/c1-19-11-8-16-25(21(19)3)29(18-27(30)28-24-15-7-4-10-20(24)2)33(31,32)26-17-9-13-22-12-5-6-14-23(22)26/h4-17H,18H2,1-3H3,(H,28,30). The van der Waals surface area contributed by atoms with Gasteiger partial charge >= 0.3 is 0 Å². The van der Waals surface area contributed by atoms with Gasteiger partial charge in [-0.1, -0.05) is 66.7 Å². The van der Waals surface area contributed by atoms with Crippen molar-refractivity contribution in [1.29, 1.82) is 0 Å². The minimum absolute atomic E-state index is 0.171. The lowest BCUT2D eigenvalue weighted by Gasteiger charge is -2.27. The van der Waals surface area contributed by atoms with Crippen LogP contribution in [0, 0.1) is 20.8 Å². The summed E-state index contributed by atoms with van der Waals surface area (Å²) in [5.41, 5.74) is 3.81. The number of para-hydroxylation sites is 1. The lowest BCUT2D eigenvalue weighted by atomic mass is 10.1. The van der Waals surface area contributed by atoms with Crippen molar-refractivity contribution in [2.75, 3.05) is 16.2 Å². The van der Waals surface area contributed by atoms with Gasteiger partial charge in [-0.25, -0.2) is 8.42 Å². The number of carbonyl (C=O) groups is 1. The molecule has 5 nitrogen and oxygen atoms in total. The summed E-state index contributed by atoms with van der Waals surface area (Å²) in [6.45, 7) is 5.35. The summed E-state index contributed by atoms with van der Waals surface area (Å²) in [5.74, 6) is -0.408. The average molecular weight is 459 g/mol. The van der Waals surface area contributed by atoms with Gasteiger partial charge < -0.3 is 5.32 Å². The van der Waals surface area contributed by atoms with Gasteiger partial charge in [-0.15, -0.1) is 0 Å². The Bertz CT molecular complexity index is 1440. The molecule has 0 saturated carbocycles. The molecular formula is C27H26N2O3S. The SMILES string of the molecule is Cc1ccccc1NC(=O)CN(c1cccc(C)c1C)S(=O)(=O)c1cccc2ccccc12. The lowest BCUT2D eigenvalue weighted by Crippen LogP contribution is -2.38. The number of hydrogen-bond donors (Lipinski definition) is 1. The molecule has 1 amide bonds. The van der Waals surface area contributed by atoms with E-state index in [4.69, 9.17) is 0 Å². The number of nitrogens with one attached hydrogen (secondary N) is 1. The van der Waals surface area contributed by atoms with Crippen molar-refractivity contribution in [3.8, 4) is 0 Å². The van der Waals surface area contributed by atoms with Gasteiger partial charge in [-0.2, -0.15) is 0 Å². The molecule has 0 spiro atoms. The highest BCUT2D eigenvalue weighted by Gasteiger charge is 2.30. The van der Waals surface area contributed by atoms with Crippen molar-refractivity contribution in [2.24, 2.45) is 0 Å². The van der Waals surface area contributed by atoms with E-state index in [1.165, 1.54) is 4.31 Å². The van der Waals surface area contributed by atoms with Crippen LogP contribution in [0.2, 0.25) is 0 Å². The number of rotatable bonds is 6. The zero-order valence-corrected chi connectivity index (χ0v) is 19.7. The first-order chi connectivity index (χ1) is 15.8. The summed E-state index contributed by atoms with van der Waals surface area (Å²) in [5, 5.41) is 4.30. The zero-order valence-electron chi connectivity index (χ0n) is 18.9. The minimum atomic E-state index is -4.04. The van der Waals surface area contributed by atoms with Gasteiger partial charge in [0.05, 0.1) is 10.6 Å². The van der Waals surface area contributed by atoms with Crippen LogP contribution in [0.1, 0.15) is 16.7 Å². The fourth-order valence-corrected chi connectivity index (χ4v) is 5.57. The molecule has 0 aliphatic heterocycles. The van der Waals surface area contributed by atoms with E-state index >= 15 is 0 Å². The third kappa shape index (κ3) is 4.47. The van der Waals surface area contributed by atoms with Crippen molar-refractivity contribution >= 4 is 38.1 Å². The summed E-state index contributed by atoms with van der Waals surface area (Å²) in [6.07, 6.45) is 0. The molecule has 4 aromatic rings. The summed E-state index contributed by atoms with van der Waals surface area (Å²) < 4.78 is 29.2. The summed E-state index contributed by atoms with van der Waals surface area (Å²) in [4.78, 5) is 13.2. The Hall–Kier alpha value is -3.64. The maximum absolute atomic E-state index is 14.0. The fraction of sp³-hybridized carbons (Fsp3) is 0.148. The number of amides is 1. The van der Waals surface area contributed by atoms with Gasteiger partial charge in [-0.05, 0) is 61.0 Å². The van der Waals surface area contributed by atoms with Gasteiger partial charge in [-0.3, -0.25) is 9.10 Å². The highest BCUT2D eigenvalue weighted by Crippen LogP contribution is 2.32. The Morgan fingerprint density at radius 2 is 1.42 bits per heavy atom. The van der Waals surface area contributed by atoms with Crippen LogP contribution in [0.25, 0.3) is 10.8 Å². The highest BCUT2D eigenvalue weighted by molar-refractivity contribution is 7.93. The molecule has 33 heavy (non-hydrogen) atoms. The molecule has 0 saturated heterocycles. The average Bonchev–Trinajstić information content (AvgIpc) is 2.80. The fourth-order valence-electron chi connectivity index (χ4n) is 3.88. The molecule has 0 unspecified atom stereocenters. The Balaban J connectivity index is 1.81. The maximum atomic E-state index is 14.0. The number of fused-ring (bicyclic) bond motifs is 1. The second-order valence-electron chi connectivity index (χ2n) is 8.07. The number of aryl methyl sites for hydroxylation is 2. The van der Waals surface area contributed by atoms with E-state index in [1.807, 2.05) is 75.4 Å². The first-order valence-electron chi connectivity index (χ1n) is 10.7. The Labute approximate surface area is 194 Å². The van der Waals surface area contributed by atoms with E-state index in [9.17, 15) is 13.2 Å².